The molecule has 4 rings (SSSR count). The summed E-state index contributed by atoms with van der Waals surface area (Å²) < 4.78 is 2.03. The molecule has 2 heteroatoms. The molecular weight excluding hydrogens is 328 g/mol. The molecule has 0 unspecified atom stereocenters. The Labute approximate surface area is 161 Å². The molecule has 3 aromatic carbocycles. The topological polar surface area (TPSA) is 17.8 Å². The number of hydrogen-bond acceptors (Lipinski definition) is 1. The van der Waals surface area contributed by atoms with Gasteiger partial charge in [0, 0.05) is 11.1 Å². The van der Waals surface area contributed by atoms with E-state index in [2.05, 4.69) is 87.5 Å². The van der Waals surface area contributed by atoms with Gasteiger partial charge in [-0.1, -0.05) is 93.6 Å². The highest BCUT2D eigenvalue weighted by atomic mass is 15.3. The Morgan fingerprint density at radius 3 is 1.85 bits per heavy atom. The first-order valence-electron chi connectivity index (χ1n) is 9.34. The highest BCUT2D eigenvalue weighted by Crippen LogP contribution is 2.30. The van der Waals surface area contributed by atoms with E-state index in [0.29, 0.717) is 0 Å². The molecule has 134 valence electrons. The van der Waals surface area contributed by atoms with Gasteiger partial charge in [0.1, 0.15) is 0 Å². The number of rotatable bonds is 3. The van der Waals surface area contributed by atoms with Crippen LogP contribution in [0.25, 0.3) is 28.2 Å². The number of aromatic nitrogens is 2. The lowest BCUT2D eigenvalue weighted by Crippen LogP contribution is -2.10. The normalized spacial score (nSPS) is 11.5. The van der Waals surface area contributed by atoms with E-state index >= 15 is 0 Å². The molecule has 0 spiro atoms. The molecular formula is C25H24N2. The number of para-hydroxylation sites is 1. The predicted octanol–water partition coefficient (Wildman–Crippen LogP) is 6.50. The van der Waals surface area contributed by atoms with Crippen LogP contribution in [0.2, 0.25) is 0 Å². The lowest BCUT2D eigenvalue weighted by atomic mass is 9.86. The van der Waals surface area contributed by atoms with Gasteiger partial charge < -0.3 is 0 Å². The van der Waals surface area contributed by atoms with Crippen molar-refractivity contribution in [1.29, 1.82) is 0 Å². The van der Waals surface area contributed by atoms with Gasteiger partial charge in [-0.2, -0.15) is 5.10 Å². The molecule has 0 amide bonds. The van der Waals surface area contributed by atoms with Gasteiger partial charge in [0.25, 0.3) is 0 Å². The minimum absolute atomic E-state index is 0.150. The lowest BCUT2D eigenvalue weighted by Gasteiger charge is -2.18. The fourth-order valence-corrected chi connectivity index (χ4v) is 3.24. The maximum atomic E-state index is 4.94. The Kier molecular flexibility index (Phi) is 4.41. The van der Waals surface area contributed by atoms with Crippen molar-refractivity contribution in [3.05, 3.63) is 96.6 Å². The Bertz CT molecular complexity index is 964. The van der Waals surface area contributed by atoms with Gasteiger partial charge in [0.2, 0.25) is 0 Å². The molecule has 0 radical (unpaired) electrons. The van der Waals surface area contributed by atoms with Crippen molar-refractivity contribution in [3.63, 3.8) is 0 Å². The molecule has 1 heterocycles. The molecule has 0 aliphatic carbocycles. The summed E-state index contributed by atoms with van der Waals surface area (Å²) in [5.74, 6) is 0. The predicted molar refractivity (Wildman–Crippen MR) is 113 cm³/mol. The van der Waals surface area contributed by atoms with Gasteiger partial charge in [0.05, 0.1) is 17.1 Å². The SMILES string of the molecule is CC(C)(C)c1ccc(-c2cc(-c3ccccc3)n(-c3ccccc3)n2)cc1. The van der Waals surface area contributed by atoms with E-state index in [4.69, 9.17) is 5.10 Å². The molecule has 0 aliphatic heterocycles. The highest BCUT2D eigenvalue weighted by molar-refractivity contribution is 5.70. The summed E-state index contributed by atoms with van der Waals surface area (Å²) in [6.07, 6.45) is 0. The van der Waals surface area contributed by atoms with Gasteiger partial charge in [-0.25, -0.2) is 4.68 Å². The van der Waals surface area contributed by atoms with E-state index in [-0.39, 0.29) is 5.41 Å². The fraction of sp³-hybridized carbons (Fsp3) is 0.160. The van der Waals surface area contributed by atoms with Crippen LogP contribution in [-0.4, -0.2) is 9.78 Å². The van der Waals surface area contributed by atoms with Crippen molar-refractivity contribution < 1.29 is 0 Å². The van der Waals surface area contributed by atoms with E-state index < -0.39 is 0 Å². The molecule has 1 aromatic heterocycles. The Morgan fingerprint density at radius 2 is 1.26 bits per heavy atom. The summed E-state index contributed by atoms with van der Waals surface area (Å²) >= 11 is 0. The fourth-order valence-electron chi connectivity index (χ4n) is 3.24. The van der Waals surface area contributed by atoms with Gasteiger partial charge in [-0.05, 0) is 29.2 Å². The first kappa shape index (κ1) is 17.3. The number of hydrogen-bond donors (Lipinski definition) is 0. The van der Waals surface area contributed by atoms with Crippen LogP contribution < -0.4 is 0 Å². The third kappa shape index (κ3) is 3.56. The second-order valence-electron chi connectivity index (χ2n) is 7.86. The maximum absolute atomic E-state index is 4.94. The monoisotopic (exact) mass is 352 g/mol. The summed E-state index contributed by atoms with van der Waals surface area (Å²) in [5.41, 5.74) is 6.92. The minimum Gasteiger partial charge on any atom is -0.232 e. The van der Waals surface area contributed by atoms with Gasteiger partial charge in [-0.15, -0.1) is 0 Å². The van der Waals surface area contributed by atoms with E-state index in [0.717, 1.165) is 28.2 Å². The zero-order valence-electron chi connectivity index (χ0n) is 16.1. The summed E-state index contributed by atoms with van der Waals surface area (Å²) in [7, 11) is 0. The summed E-state index contributed by atoms with van der Waals surface area (Å²) in [5, 5.41) is 4.94. The van der Waals surface area contributed by atoms with Gasteiger partial charge in [-0.3, -0.25) is 0 Å². The summed E-state index contributed by atoms with van der Waals surface area (Å²) in [6.45, 7) is 6.71. The molecule has 0 N–H and O–H groups in total. The average molecular weight is 352 g/mol. The highest BCUT2D eigenvalue weighted by Gasteiger charge is 2.15. The Balaban J connectivity index is 1.82. The van der Waals surface area contributed by atoms with Crippen molar-refractivity contribution in [2.24, 2.45) is 0 Å². The summed E-state index contributed by atoms with van der Waals surface area (Å²) in [4.78, 5) is 0. The van der Waals surface area contributed by atoms with Crippen LogP contribution >= 0.6 is 0 Å². The molecule has 4 aromatic rings. The van der Waals surface area contributed by atoms with Crippen molar-refractivity contribution in [3.8, 4) is 28.2 Å². The molecule has 2 nitrogen and oxygen atoms in total. The molecule has 0 bridgehead atoms. The van der Waals surface area contributed by atoms with Crippen LogP contribution in [0.1, 0.15) is 26.3 Å². The first-order chi connectivity index (χ1) is 13.0. The molecule has 0 saturated carbocycles. The Morgan fingerprint density at radius 1 is 0.667 bits per heavy atom. The molecule has 0 aliphatic rings. The van der Waals surface area contributed by atoms with Crippen molar-refractivity contribution >= 4 is 0 Å². The van der Waals surface area contributed by atoms with Crippen LogP contribution in [0.4, 0.5) is 0 Å². The molecule has 0 saturated heterocycles. The molecule has 27 heavy (non-hydrogen) atoms. The molecule has 0 atom stereocenters. The lowest BCUT2D eigenvalue weighted by molar-refractivity contribution is 0.590. The number of nitrogens with zero attached hydrogens (tertiary/aromatic N) is 2. The summed E-state index contributed by atoms with van der Waals surface area (Å²) in [6, 6.07) is 31.7. The largest absolute Gasteiger partial charge is 0.232 e. The first-order valence-corrected chi connectivity index (χ1v) is 9.34. The van der Waals surface area contributed by atoms with Crippen molar-refractivity contribution in [2.75, 3.05) is 0 Å². The van der Waals surface area contributed by atoms with Crippen LogP contribution in [0, 0.1) is 0 Å². The average Bonchev–Trinajstić information content (AvgIpc) is 3.14. The van der Waals surface area contributed by atoms with Crippen LogP contribution in [-0.2, 0) is 5.41 Å². The second-order valence-corrected chi connectivity index (χ2v) is 7.86. The van der Waals surface area contributed by atoms with E-state index in [1.807, 2.05) is 28.9 Å². The zero-order chi connectivity index (χ0) is 18.9. The van der Waals surface area contributed by atoms with Crippen LogP contribution in [0.15, 0.2) is 91.0 Å². The zero-order valence-corrected chi connectivity index (χ0v) is 16.1. The third-order valence-electron chi connectivity index (χ3n) is 4.83. The van der Waals surface area contributed by atoms with Gasteiger partial charge >= 0.3 is 0 Å². The Hall–Kier alpha value is -3.13. The second kappa shape index (κ2) is 6.88. The minimum atomic E-state index is 0.150. The van der Waals surface area contributed by atoms with E-state index in [9.17, 15) is 0 Å². The standard InChI is InChI=1S/C25H24N2/c1-25(2,3)21-16-14-19(15-17-21)23-18-24(20-10-6-4-7-11-20)27(26-23)22-12-8-5-9-13-22/h4-18H,1-3H3. The maximum Gasteiger partial charge on any atom is 0.0934 e. The van der Waals surface area contributed by atoms with Gasteiger partial charge in [0.15, 0.2) is 0 Å². The quantitative estimate of drug-likeness (QED) is 0.411. The molecule has 0 fully saturated rings. The number of benzene rings is 3. The smallest absolute Gasteiger partial charge is 0.0934 e. The third-order valence-corrected chi connectivity index (χ3v) is 4.83. The van der Waals surface area contributed by atoms with Crippen molar-refractivity contribution in [1.82, 2.24) is 9.78 Å². The van der Waals surface area contributed by atoms with E-state index in [1.165, 1.54) is 5.56 Å². The van der Waals surface area contributed by atoms with Crippen LogP contribution in [0.3, 0.4) is 0 Å². The van der Waals surface area contributed by atoms with E-state index in [1.54, 1.807) is 0 Å². The van der Waals surface area contributed by atoms with Crippen molar-refractivity contribution in [2.45, 2.75) is 26.2 Å². The van der Waals surface area contributed by atoms with Crippen LogP contribution in [0.5, 0.6) is 0 Å².